The van der Waals surface area contributed by atoms with E-state index in [0.717, 1.165) is 28.6 Å². The number of rotatable bonds is 7. The second-order valence-electron chi connectivity index (χ2n) is 9.79. The highest BCUT2D eigenvalue weighted by molar-refractivity contribution is 6.34. The van der Waals surface area contributed by atoms with Crippen LogP contribution in [0.25, 0.3) is 10.9 Å². The minimum Gasteiger partial charge on any atom is -0.385 e. The van der Waals surface area contributed by atoms with Gasteiger partial charge in [-0.15, -0.1) is 0 Å². The van der Waals surface area contributed by atoms with E-state index in [1.165, 1.54) is 0 Å². The van der Waals surface area contributed by atoms with Crippen molar-refractivity contribution in [2.45, 2.75) is 25.9 Å². The van der Waals surface area contributed by atoms with E-state index < -0.39 is 17.5 Å². The topological polar surface area (TPSA) is 48.5 Å². The smallest absolute Gasteiger partial charge is 0.255 e. The molecule has 0 spiro atoms. The first kappa shape index (κ1) is 27.0. The van der Waals surface area contributed by atoms with Crippen molar-refractivity contribution in [2.75, 3.05) is 31.5 Å². The minimum atomic E-state index is -0.947. The molecule has 0 bridgehead atoms. The van der Waals surface area contributed by atoms with Crippen molar-refractivity contribution < 1.29 is 18.0 Å². The van der Waals surface area contributed by atoms with Crippen LogP contribution in [0.5, 0.6) is 0 Å². The molecule has 3 aromatic carbocycles. The number of amides is 1. The van der Waals surface area contributed by atoms with E-state index in [9.17, 15) is 18.0 Å². The predicted octanol–water partition coefficient (Wildman–Crippen LogP) is 6.31. The zero-order chi connectivity index (χ0) is 27.5. The quantitative estimate of drug-likeness (QED) is 0.292. The van der Waals surface area contributed by atoms with Gasteiger partial charge < -0.3 is 10.2 Å². The minimum absolute atomic E-state index is 0.000275. The van der Waals surface area contributed by atoms with Crippen LogP contribution in [0.1, 0.15) is 28.4 Å². The zero-order valence-electron chi connectivity index (χ0n) is 21.4. The molecule has 1 aromatic heterocycles. The summed E-state index contributed by atoms with van der Waals surface area (Å²) in [6.45, 7) is 3.77. The SMILES string of the molecule is CC1CN(Cc2c(F)cc(F)cc2F)CCN1C(=O)c1ccc(NCCc2cccc3cccnc23)cc1Cl. The van der Waals surface area contributed by atoms with Crippen LogP contribution in [0, 0.1) is 17.5 Å². The molecule has 9 heteroatoms. The number of hydrogen-bond donors (Lipinski definition) is 1. The molecule has 0 radical (unpaired) electrons. The molecule has 1 aliphatic heterocycles. The summed E-state index contributed by atoms with van der Waals surface area (Å²) >= 11 is 6.53. The summed E-state index contributed by atoms with van der Waals surface area (Å²) < 4.78 is 41.4. The van der Waals surface area contributed by atoms with Gasteiger partial charge in [-0.25, -0.2) is 13.2 Å². The lowest BCUT2D eigenvalue weighted by Crippen LogP contribution is -2.53. The van der Waals surface area contributed by atoms with Gasteiger partial charge in [0.15, 0.2) is 0 Å². The molecule has 1 saturated heterocycles. The molecular weight excluding hydrogens is 525 g/mol. The summed E-state index contributed by atoms with van der Waals surface area (Å²) in [7, 11) is 0. The Morgan fingerprint density at radius 1 is 1.05 bits per heavy atom. The number of fused-ring (bicyclic) bond motifs is 1. The van der Waals surface area contributed by atoms with Crippen LogP contribution in [0.2, 0.25) is 5.02 Å². The van der Waals surface area contributed by atoms with Gasteiger partial charge in [0.2, 0.25) is 0 Å². The molecule has 1 amide bonds. The summed E-state index contributed by atoms with van der Waals surface area (Å²) in [6, 6.07) is 16.6. The van der Waals surface area contributed by atoms with Crippen molar-refractivity contribution >= 4 is 34.1 Å². The van der Waals surface area contributed by atoms with Gasteiger partial charge >= 0.3 is 0 Å². The number of anilines is 1. The Labute approximate surface area is 230 Å². The summed E-state index contributed by atoms with van der Waals surface area (Å²) in [4.78, 5) is 21.4. The highest BCUT2D eigenvalue weighted by Crippen LogP contribution is 2.26. The summed E-state index contributed by atoms with van der Waals surface area (Å²) in [5, 5.41) is 4.82. The number of carbonyl (C=O) groups excluding carboxylic acids is 1. The van der Waals surface area contributed by atoms with Crippen LogP contribution >= 0.6 is 11.6 Å². The fourth-order valence-corrected chi connectivity index (χ4v) is 5.35. The molecule has 1 atom stereocenters. The molecule has 0 saturated carbocycles. The maximum absolute atomic E-state index is 14.1. The molecule has 39 heavy (non-hydrogen) atoms. The summed E-state index contributed by atoms with van der Waals surface area (Å²) in [6.07, 6.45) is 2.57. The Balaban J connectivity index is 1.18. The Morgan fingerprint density at radius 2 is 1.82 bits per heavy atom. The molecule has 202 valence electrons. The molecule has 2 heterocycles. The molecule has 1 aliphatic rings. The highest BCUT2D eigenvalue weighted by Gasteiger charge is 2.30. The lowest BCUT2D eigenvalue weighted by molar-refractivity contribution is 0.0471. The summed E-state index contributed by atoms with van der Waals surface area (Å²) in [5.41, 5.74) is 3.17. The van der Waals surface area contributed by atoms with Gasteiger partial charge in [-0.3, -0.25) is 14.7 Å². The Morgan fingerprint density at radius 3 is 2.56 bits per heavy atom. The molecular formula is C30H28ClF3N4O. The van der Waals surface area contributed by atoms with E-state index in [4.69, 9.17) is 11.6 Å². The first-order valence-corrected chi connectivity index (χ1v) is 13.2. The van der Waals surface area contributed by atoms with Crippen LogP contribution in [-0.4, -0.2) is 52.9 Å². The van der Waals surface area contributed by atoms with Crippen molar-refractivity contribution in [2.24, 2.45) is 0 Å². The average Bonchev–Trinajstić information content (AvgIpc) is 2.91. The maximum atomic E-state index is 14.1. The summed E-state index contributed by atoms with van der Waals surface area (Å²) in [5.74, 6) is -2.96. The number of aromatic nitrogens is 1. The molecule has 1 N–H and O–H groups in total. The number of benzene rings is 3. The second kappa shape index (κ2) is 11.6. The highest BCUT2D eigenvalue weighted by atomic mass is 35.5. The molecule has 1 fully saturated rings. The monoisotopic (exact) mass is 552 g/mol. The lowest BCUT2D eigenvalue weighted by Gasteiger charge is -2.40. The van der Waals surface area contributed by atoms with E-state index >= 15 is 0 Å². The van der Waals surface area contributed by atoms with E-state index in [2.05, 4.69) is 16.4 Å². The van der Waals surface area contributed by atoms with E-state index in [1.807, 2.05) is 42.2 Å². The van der Waals surface area contributed by atoms with E-state index in [0.29, 0.717) is 48.9 Å². The van der Waals surface area contributed by atoms with Crippen molar-refractivity contribution in [3.05, 3.63) is 106 Å². The van der Waals surface area contributed by atoms with Crippen molar-refractivity contribution in [3.8, 4) is 0 Å². The number of nitrogens with one attached hydrogen (secondary N) is 1. The van der Waals surface area contributed by atoms with E-state index in [1.54, 1.807) is 23.2 Å². The first-order chi connectivity index (χ1) is 18.8. The normalized spacial score (nSPS) is 16.0. The fraction of sp³-hybridized carbons (Fsp3) is 0.267. The van der Waals surface area contributed by atoms with Crippen LogP contribution in [0.4, 0.5) is 18.9 Å². The fourth-order valence-electron chi connectivity index (χ4n) is 5.09. The number of halogens is 4. The molecule has 4 aromatic rings. The van der Waals surface area contributed by atoms with Gasteiger partial charge in [-0.2, -0.15) is 0 Å². The number of hydrogen-bond acceptors (Lipinski definition) is 4. The first-order valence-electron chi connectivity index (χ1n) is 12.8. The average molecular weight is 553 g/mol. The molecule has 1 unspecified atom stereocenters. The number of carbonyl (C=O) groups is 1. The van der Waals surface area contributed by atoms with Crippen molar-refractivity contribution in [1.29, 1.82) is 0 Å². The Kier molecular flexibility index (Phi) is 8.04. The van der Waals surface area contributed by atoms with Gasteiger partial charge in [-0.1, -0.05) is 35.9 Å². The van der Waals surface area contributed by atoms with E-state index in [-0.39, 0.29) is 24.1 Å². The standard InChI is InChI=1S/C30H28ClF3N4O/c1-19-17-37(18-25-27(33)14-22(32)15-28(25)34)12-13-38(19)30(39)24-8-7-23(16-26(24)31)35-11-9-21-5-2-4-20-6-3-10-36-29(20)21/h2-8,10,14-16,19,35H,9,11-13,17-18H2,1H3. The third-order valence-corrected chi connectivity index (χ3v) is 7.41. The van der Waals surface area contributed by atoms with Gasteiger partial charge in [0.25, 0.3) is 5.91 Å². The number of nitrogens with zero attached hydrogens (tertiary/aromatic N) is 3. The van der Waals surface area contributed by atoms with Gasteiger partial charge in [-0.05, 0) is 43.2 Å². The predicted molar refractivity (Wildman–Crippen MR) is 147 cm³/mol. The molecule has 5 nitrogen and oxygen atoms in total. The number of piperazine rings is 1. The van der Waals surface area contributed by atoms with Crippen LogP contribution < -0.4 is 5.32 Å². The number of pyridine rings is 1. The Hall–Kier alpha value is -3.62. The zero-order valence-corrected chi connectivity index (χ0v) is 22.2. The third kappa shape index (κ3) is 6.02. The Bertz CT molecular complexity index is 1490. The number of para-hydroxylation sites is 1. The van der Waals surface area contributed by atoms with Crippen molar-refractivity contribution in [3.63, 3.8) is 0 Å². The molecule has 0 aliphatic carbocycles. The largest absolute Gasteiger partial charge is 0.385 e. The molecule has 5 rings (SSSR count). The van der Waals surface area contributed by atoms with Crippen LogP contribution in [0.3, 0.4) is 0 Å². The van der Waals surface area contributed by atoms with Gasteiger partial charge in [0.1, 0.15) is 17.5 Å². The second-order valence-corrected chi connectivity index (χ2v) is 10.2. The van der Waals surface area contributed by atoms with Gasteiger partial charge in [0, 0.05) is 73.7 Å². The van der Waals surface area contributed by atoms with Crippen molar-refractivity contribution in [1.82, 2.24) is 14.8 Å². The van der Waals surface area contributed by atoms with Crippen LogP contribution in [0.15, 0.2) is 66.9 Å². The lowest BCUT2D eigenvalue weighted by atomic mass is 10.1. The van der Waals surface area contributed by atoms with Crippen LogP contribution in [-0.2, 0) is 13.0 Å². The maximum Gasteiger partial charge on any atom is 0.255 e. The van der Waals surface area contributed by atoms with Gasteiger partial charge in [0.05, 0.1) is 16.1 Å². The third-order valence-electron chi connectivity index (χ3n) is 7.10.